The number of piperidine rings is 1. The Morgan fingerprint density at radius 3 is 2.46 bits per heavy atom. The van der Waals surface area contributed by atoms with Crippen molar-refractivity contribution in [3.8, 4) is 5.75 Å². The first kappa shape index (κ1) is 16.3. The summed E-state index contributed by atoms with van der Waals surface area (Å²) in [5.74, 6) is 3.26. The SMILES string of the molecule is COc1ccc(Cl)c2sc(N3CCC(c4nnc(C5CC5)o4)CC3)nc12. The van der Waals surface area contributed by atoms with Gasteiger partial charge in [-0.15, -0.1) is 10.2 Å². The van der Waals surface area contributed by atoms with Gasteiger partial charge in [0, 0.05) is 24.9 Å². The summed E-state index contributed by atoms with van der Waals surface area (Å²) in [5, 5.41) is 10.2. The molecule has 0 unspecified atom stereocenters. The minimum absolute atomic E-state index is 0.346. The summed E-state index contributed by atoms with van der Waals surface area (Å²) in [6, 6.07) is 3.73. The van der Waals surface area contributed by atoms with E-state index >= 15 is 0 Å². The van der Waals surface area contributed by atoms with E-state index in [0.717, 1.165) is 63.8 Å². The second-order valence-electron chi connectivity index (χ2n) is 6.94. The lowest BCUT2D eigenvalue weighted by atomic mass is 9.97. The largest absolute Gasteiger partial charge is 0.494 e. The molecule has 2 aromatic heterocycles. The van der Waals surface area contributed by atoms with E-state index in [0.29, 0.717) is 11.8 Å². The average Bonchev–Trinajstić information content (AvgIpc) is 3.22. The summed E-state index contributed by atoms with van der Waals surface area (Å²) >= 11 is 7.97. The van der Waals surface area contributed by atoms with Crippen molar-refractivity contribution < 1.29 is 9.15 Å². The van der Waals surface area contributed by atoms with Gasteiger partial charge in [-0.25, -0.2) is 4.98 Å². The molecule has 2 aliphatic rings. The van der Waals surface area contributed by atoms with Gasteiger partial charge in [-0.05, 0) is 37.8 Å². The number of rotatable bonds is 4. The Bertz CT molecular complexity index is 944. The molecule has 5 rings (SSSR count). The fraction of sp³-hybridized carbons (Fsp3) is 0.500. The highest BCUT2D eigenvalue weighted by molar-refractivity contribution is 7.22. The van der Waals surface area contributed by atoms with Gasteiger partial charge in [0.2, 0.25) is 11.8 Å². The zero-order valence-electron chi connectivity index (χ0n) is 14.4. The van der Waals surface area contributed by atoms with Gasteiger partial charge in [-0.2, -0.15) is 0 Å². The van der Waals surface area contributed by atoms with Crippen molar-refractivity contribution in [3.05, 3.63) is 28.9 Å². The number of methoxy groups -OCH3 is 1. The number of thiazole rings is 1. The molecule has 1 aliphatic heterocycles. The van der Waals surface area contributed by atoms with Crippen LogP contribution in [0, 0.1) is 0 Å². The molecule has 26 heavy (non-hydrogen) atoms. The van der Waals surface area contributed by atoms with Crippen molar-refractivity contribution in [1.82, 2.24) is 15.2 Å². The molecule has 1 aromatic carbocycles. The standard InChI is InChI=1S/C18H19ClN4O2S/c1-24-13-5-4-12(19)15-14(13)20-18(26-15)23-8-6-11(7-9-23)17-22-21-16(25-17)10-2-3-10/h4-5,10-11H,2-3,6-9H2,1H3. The van der Waals surface area contributed by atoms with E-state index in [2.05, 4.69) is 15.1 Å². The lowest BCUT2D eigenvalue weighted by Crippen LogP contribution is -2.32. The molecule has 1 saturated heterocycles. The van der Waals surface area contributed by atoms with Crippen molar-refractivity contribution in [2.75, 3.05) is 25.1 Å². The molecule has 6 nitrogen and oxygen atoms in total. The van der Waals surface area contributed by atoms with Crippen LogP contribution in [-0.4, -0.2) is 35.4 Å². The quantitative estimate of drug-likeness (QED) is 0.648. The fourth-order valence-electron chi connectivity index (χ4n) is 3.47. The third-order valence-corrected chi connectivity index (χ3v) is 6.74. The highest BCUT2D eigenvalue weighted by Gasteiger charge is 2.32. The van der Waals surface area contributed by atoms with Crippen LogP contribution in [0.2, 0.25) is 5.02 Å². The van der Waals surface area contributed by atoms with Crippen molar-refractivity contribution in [2.45, 2.75) is 37.5 Å². The summed E-state index contributed by atoms with van der Waals surface area (Å²) < 4.78 is 12.3. The molecule has 2 fully saturated rings. The predicted octanol–water partition coefficient (Wildman–Crippen LogP) is 4.60. The van der Waals surface area contributed by atoms with E-state index in [9.17, 15) is 0 Å². The lowest BCUT2D eigenvalue weighted by Gasteiger charge is -2.30. The molecule has 0 radical (unpaired) electrons. The fourth-order valence-corrected chi connectivity index (χ4v) is 4.77. The maximum Gasteiger partial charge on any atom is 0.219 e. The number of ether oxygens (including phenoxy) is 1. The second kappa shape index (κ2) is 6.39. The van der Waals surface area contributed by atoms with Crippen molar-refractivity contribution in [2.24, 2.45) is 0 Å². The van der Waals surface area contributed by atoms with Gasteiger partial charge in [0.25, 0.3) is 0 Å². The summed E-state index contributed by atoms with van der Waals surface area (Å²) in [4.78, 5) is 7.10. The van der Waals surface area contributed by atoms with Crippen LogP contribution in [-0.2, 0) is 0 Å². The predicted molar refractivity (Wildman–Crippen MR) is 102 cm³/mol. The van der Waals surface area contributed by atoms with Crippen LogP contribution in [0.5, 0.6) is 5.75 Å². The highest BCUT2D eigenvalue weighted by atomic mass is 35.5. The number of anilines is 1. The Hall–Kier alpha value is -1.86. The monoisotopic (exact) mass is 390 g/mol. The average molecular weight is 391 g/mol. The van der Waals surface area contributed by atoms with E-state index in [1.54, 1.807) is 18.4 Å². The van der Waals surface area contributed by atoms with Crippen molar-refractivity contribution >= 4 is 38.3 Å². The molecular formula is C18H19ClN4O2S. The molecule has 0 spiro atoms. The van der Waals surface area contributed by atoms with Crippen LogP contribution in [0.25, 0.3) is 10.2 Å². The summed E-state index contributed by atoms with van der Waals surface area (Å²) in [6.45, 7) is 1.84. The topological polar surface area (TPSA) is 64.3 Å². The Morgan fingerprint density at radius 2 is 1.81 bits per heavy atom. The Morgan fingerprint density at radius 1 is 1.12 bits per heavy atom. The molecule has 0 N–H and O–H groups in total. The minimum atomic E-state index is 0.346. The number of benzene rings is 1. The molecule has 0 bridgehead atoms. The first-order valence-electron chi connectivity index (χ1n) is 8.94. The third-order valence-electron chi connectivity index (χ3n) is 5.16. The zero-order chi connectivity index (χ0) is 17.7. The zero-order valence-corrected chi connectivity index (χ0v) is 16.0. The molecule has 3 heterocycles. The van der Waals surface area contributed by atoms with E-state index in [4.69, 9.17) is 25.7 Å². The number of fused-ring (bicyclic) bond motifs is 1. The number of halogens is 1. The Labute approximate surface area is 160 Å². The molecular weight excluding hydrogens is 372 g/mol. The van der Waals surface area contributed by atoms with Gasteiger partial charge < -0.3 is 14.1 Å². The molecule has 1 aliphatic carbocycles. The van der Waals surface area contributed by atoms with Gasteiger partial charge in [-0.3, -0.25) is 0 Å². The Kier molecular flexibility index (Phi) is 4.01. The van der Waals surface area contributed by atoms with Gasteiger partial charge in [0.05, 0.1) is 16.8 Å². The van der Waals surface area contributed by atoms with E-state index < -0.39 is 0 Å². The molecule has 8 heteroatoms. The van der Waals surface area contributed by atoms with Crippen LogP contribution in [0.15, 0.2) is 16.5 Å². The Balaban J connectivity index is 1.33. The van der Waals surface area contributed by atoms with Crippen LogP contribution in [0.1, 0.15) is 49.3 Å². The number of aromatic nitrogens is 3. The van der Waals surface area contributed by atoms with Crippen LogP contribution >= 0.6 is 22.9 Å². The second-order valence-corrected chi connectivity index (χ2v) is 8.32. The maximum atomic E-state index is 6.34. The van der Waals surface area contributed by atoms with E-state index in [1.165, 1.54) is 12.8 Å². The highest BCUT2D eigenvalue weighted by Crippen LogP contribution is 2.42. The molecule has 0 amide bonds. The lowest BCUT2D eigenvalue weighted by molar-refractivity contribution is 0.376. The van der Waals surface area contributed by atoms with Crippen molar-refractivity contribution in [3.63, 3.8) is 0 Å². The van der Waals surface area contributed by atoms with Crippen LogP contribution < -0.4 is 9.64 Å². The van der Waals surface area contributed by atoms with Crippen LogP contribution in [0.3, 0.4) is 0 Å². The van der Waals surface area contributed by atoms with Crippen LogP contribution in [0.4, 0.5) is 5.13 Å². The maximum absolute atomic E-state index is 6.34. The van der Waals surface area contributed by atoms with Gasteiger partial charge in [0.1, 0.15) is 11.3 Å². The summed E-state index contributed by atoms with van der Waals surface area (Å²) in [7, 11) is 1.66. The smallest absolute Gasteiger partial charge is 0.219 e. The normalized spacial score (nSPS) is 18.6. The van der Waals surface area contributed by atoms with Gasteiger partial charge in [-0.1, -0.05) is 22.9 Å². The molecule has 3 aromatic rings. The first-order valence-corrected chi connectivity index (χ1v) is 10.1. The van der Waals surface area contributed by atoms with E-state index in [1.807, 2.05) is 12.1 Å². The van der Waals surface area contributed by atoms with Gasteiger partial charge in [0.15, 0.2) is 5.13 Å². The minimum Gasteiger partial charge on any atom is -0.494 e. The van der Waals surface area contributed by atoms with E-state index in [-0.39, 0.29) is 0 Å². The summed E-state index contributed by atoms with van der Waals surface area (Å²) in [5.41, 5.74) is 0.841. The third kappa shape index (κ3) is 2.83. The summed E-state index contributed by atoms with van der Waals surface area (Å²) in [6.07, 6.45) is 4.35. The number of hydrogen-bond donors (Lipinski definition) is 0. The number of nitrogens with zero attached hydrogens (tertiary/aromatic N) is 4. The molecule has 136 valence electrons. The number of hydrogen-bond acceptors (Lipinski definition) is 7. The molecule has 0 atom stereocenters. The van der Waals surface area contributed by atoms with Crippen molar-refractivity contribution in [1.29, 1.82) is 0 Å². The molecule has 1 saturated carbocycles. The van der Waals surface area contributed by atoms with Gasteiger partial charge >= 0.3 is 0 Å². The first-order chi connectivity index (χ1) is 12.7.